The Morgan fingerprint density at radius 1 is 1.00 bits per heavy atom. The Bertz CT molecular complexity index is 745. The average molecular weight is 279 g/mol. The Morgan fingerprint density at radius 3 is 2.57 bits per heavy atom. The van der Waals surface area contributed by atoms with Crippen LogP contribution in [-0.2, 0) is 19.3 Å². The van der Waals surface area contributed by atoms with Crippen LogP contribution in [0, 0.1) is 0 Å². The van der Waals surface area contributed by atoms with Crippen LogP contribution < -0.4 is 5.56 Å². The molecule has 4 heteroatoms. The molecule has 3 aromatic rings. The zero-order valence-corrected chi connectivity index (χ0v) is 11.7. The second-order valence-corrected chi connectivity index (χ2v) is 5.04. The first-order valence-electron chi connectivity index (χ1n) is 7.04. The van der Waals surface area contributed by atoms with E-state index < -0.39 is 0 Å². The maximum absolute atomic E-state index is 12.1. The Hall–Kier alpha value is -2.62. The summed E-state index contributed by atoms with van der Waals surface area (Å²) in [4.78, 5) is 22.2. The SMILES string of the molecule is O=c1[nH]c(CCc2ccccc2)ccc1Cc1ncc[nH]1. The normalized spacial score (nSPS) is 10.7. The van der Waals surface area contributed by atoms with Gasteiger partial charge < -0.3 is 9.97 Å². The fraction of sp³-hybridized carbons (Fsp3) is 0.176. The molecule has 106 valence electrons. The Kier molecular flexibility index (Phi) is 3.96. The Morgan fingerprint density at radius 2 is 1.86 bits per heavy atom. The quantitative estimate of drug-likeness (QED) is 0.753. The highest BCUT2D eigenvalue weighted by atomic mass is 16.1. The number of aromatic nitrogens is 3. The number of benzene rings is 1. The summed E-state index contributed by atoms with van der Waals surface area (Å²) in [5, 5.41) is 0. The number of hydrogen-bond donors (Lipinski definition) is 2. The van der Waals surface area contributed by atoms with Crippen LogP contribution in [0.4, 0.5) is 0 Å². The van der Waals surface area contributed by atoms with Crippen molar-refractivity contribution in [2.24, 2.45) is 0 Å². The Labute approximate surface area is 122 Å². The standard InChI is InChI=1S/C17H17N3O/c21-17-14(12-16-18-10-11-19-16)7-9-15(20-17)8-6-13-4-2-1-3-5-13/h1-5,7,9-11H,6,8,12H2,(H,18,19)(H,20,21). The molecule has 0 saturated heterocycles. The smallest absolute Gasteiger partial charge is 0.251 e. The van der Waals surface area contributed by atoms with Gasteiger partial charge in [-0.25, -0.2) is 4.98 Å². The first-order valence-corrected chi connectivity index (χ1v) is 7.04. The van der Waals surface area contributed by atoms with E-state index in [0.717, 1.165) is 29.9 Å². The van der Waals surface area contributed by atoms with Gasteiger partial charge in [-0.3, -0.25) is 4.79 Å². The first-order chi connectivity index (χ1) is 10.3. The van der Waals surface area contributed by atoms with Gasteiger partial charge in [0.25, 0.3) is 5.56 Å². The van der Waals surface area contributed by atoms with Gasteiger partial charge in [-0.15, -0.1) is 0 Å². The predicted octanol–water partition coefficient (Wildman–Crippen LogP) is 2.47. The van der Waals surface area contributed by atoms with Crippen LogP contribution >= 0.6 is 0 Å². The molecular formula is C17H17N3O. The van der Waals surface area contributed by atoms with E-state index >= 15 is 0 Å². The molecule has 0 spiro atoms. The molecule has 0 bridgehead atoms. The monoisotopic (exact) mass is 279 g/mol. The van der Waals surface area contributed by atoms with Crippen LogP contribution in [0.1, 0.15) is 22.6 Å². The second-order valence-electron chi connectivity index (χ2n) is 5.04. The van der Waals surface area contributed by atoms with Crippen LogP contribution in [0.15, 0.2) is 59.7 Å². The number of nitrogens with zero attached hydrogens (tertiary/aromatic N) is 1. The summed E-state index contributed by atoms with van der Waals surface area (Å²) >= 11 is 0. The van der Waals surface area contributed by atoms with Crippen molar-refractivity contribution in [1.29, 1.82) is 0 Å². The molecule has 0 aliphatic carbocycles. The number of rotatable bonds is 5. The van der Waals surface area contributed by atoms with E-state index in [1.807, 2.05) is 30.3 Å². The molecule has 4 nitrogen and oxygen atoms in total. The number of aromatic amines is 2. The highest BCUT2D eigenvalue weighted by Gasteiger charge is 2.04. The summed E-state index contributed by atoms with van der Waals surface area (Å²) in [5.74, 6) is 0.803. The van der Waals surface area contributed by atoms with E-state index in [1.165, 1.54) is 5.56 Å². The van der Waals surface area contributed by atoms with E-state index in [4.69, 9.17) is 0 Å². The number of imidazole rings is 1. The molecule has 0 radical (unpaired) electrons. The minimum absolute atomic E-state index is 0.0306. The van der Waals surface area contributed by atoms with Gasteiger partial charge in [-0.1, -0.05) is 36.4 Å². The van der Waals surface area contributed by atoms with Crippen molar-refractivity contribution in [1.82, 2.24) is 15.0 Å². The fourth-order valence-electron chi connectivity index (χ4n) is 2.33. The zero-order valence-electron chi connectivity index (χ0n) is 11.7. The van der Waals surface area contributed by atoms with Crippen LogP contribution in [0.2, 0.25) is 0 Å². The van der Waals surface area contributed by atoms with E-state index in [1.54, 1.807) is 12.4 Å². The van der Waals surface area contributed by atoms with E-state index in [2.05, 4.69) is 27.1 Å². The van der Waals surface area contributed by atoms with Crippen molar-refractivity contribution in [3.8, 4) is 0 Å². The molecule has 0 amide bonds. The van der Waals surface area contributed by atoms with Gasteiger partial charge in [0.05, 0.1) is 0 Å². The van der Waals surface area contributed by atoms with Crippen molar-refractivity contribution in [2.75, 3.05) is 0 Å². The lowest BCUT2D eigenvalue weighted by molar-refractivity contribution is 0.890. The molecule has 2 heterocycles. The molecule has 0 atom stereocenters. The summed E-state index contributed by atoms with van der Waals surface area (Å²) in [5.41, 5.74) is 2.94. The number of hydrogen-bond acceptors (Lipinski definition) is 2. The van der Waals surface area contributed by atoms with Crippen molar-refractivity contribution in [3.63, 3.8) is 0 Å². The Balaban J connectivity index is 1.68. The molecule has 2 aromatic heterocycles. The van der Waals surface area contributed by atoms with E-state index in [-0.39, 0.29) is 5.56 Å². The van der Waals surface area contributed by atoms with Gasteiger partial charge in [-0.05, 0) is 24.5 Å². The van der Waals surface area contributed by atoms with Crippen molar-refractivity contribution in [2.45, 2.75) is 19.3 Å². The third-order valence-corrected chi connectivity index (χ3v) is 3.49. The molecule has 21 heavy (non-hydrogen) atoms. The largest absolute Gasteiger partial charge is 0.348 e. The van der Waals surface area contributed by atoms with Crippen molar-refractivity contribution in [3.05, 3.63) is 87.9 Å². The van der Waals surface area contributed by atoms with Crippen LogP contribution in [-0.4, -0.2) is 15.0 Å². The molecular weight excluding hydrogens is 262 g/mol. The third-order valence-electron chi connectivity index (χ3n) is 3.49. The van der Waals surface area contributed by atoms with E-state index in [9.17, 15) is 4.79 Å². The second kappa shape index (κ2) is 6.22. The van der Waals surface area contributed by atoms with Gasteiger partial charge >= 0.3 is 0 Å². The van der Waals surface area contributed by atoms with E-state index in [0.29, 0.717) is 6.42 Å². The zero-order chi connectivity index (χ0) is 14.5. The van der Waals surface area contributed by atoms with Crippen LogP contribution in [0.25, 0.3) is 0 Å². The summed E-state index contributed by atoms with van der Waals surface area (Å²) in [6, 6.07) is 14.2. The number of nitrogens with one attached hydrogen (secondary N) is 2. The number of H-pyrrole nitrogens is 2. The van der Waals surface area contributed by atoms with Crippen molar-refractivity contribution >= 4 is 0 Å². The maximum Gasteiger partial charge on any atom is 0.251 e. The van der Waals surface area contributed by atoms with Crippen molar-refractivity contribution < 1.29 is 0 Å². The van der Waals surface area contributed by atoms with Gasteiger partial charge in [-0.2, -0.15) is 0 Å². The first kappa shape index (κ1) is 13.4. The minimum atomic E-state index is -0.0306. The highest BCUT2D eigenvalue weighted by molar-refractivity contribution is 5.20. The van der Waals surface area contributed by atoms with Crippen LogP contribution in [0.5, 0.6) is 0 Å². The molecule has 0 saturated carbocycles. The summed E-state index contributed by atoms with van der Waals surface area (Å²) < 4.78 is 0. The number of pyridine rings is 1. The number of aryl methyl sites for hydroxylation is 2. The van der Waals surface area contributed by atoms with Gasteiger partial charge in [0.1, 0.15) is 5.82 Å². The molecule has 3 rings (SSSR count). The maximum atomic E-state index is 12.1. The lowest BCUT2D eigenvalue weighted by Crippen LogP contribution is -2.15. The molecule has 1 aromatic carbocycles. The molecule has 2 N–H and O–H groups in total. The predicted molar refractivity (Wildman–Crippen MR) is 82.3 cm³/mol. The summed E-state index contributed by atoms with van der Waals surface area (Å²) in [6.07, 6.45) is 5.74. The lowest BCUT2D eigenvalue weighted by atomic mass is 10.1. The molecule has 0 aliphatic rings. The third kappa shape index (κ3) is 3.48. The average Bonchev–Trinajstić information content (AvgIpc) is 3.02. The van der Waals surface area contributed by atoms with Gasteiger partial charge in [0, 0.05) is 30.1 Å². The molecule has 0 fully saturated rings. The van der Waals surface area contributed by atoms with Crippen LogP contribution in [0.3, 0.4) is 0 Å². The topological polar surface area (TPSA) is 61.5 Å². The molecule has 0 aliphatic heterocycles. The fourth-order valence-corrected chi connectivity index (χ4v) is 2.33. The minimum Gasteiger partial charge on any atom is -0.348 e. The van der Waals surface area contributed by atoms with Gasteiger partial charge in [0.15, 0.2) is 0 Å². The molecule has 0 unspecified atom stereocenters. The summed E-state index contributed by atoms with van der Waals surface area (Å²) in [7, 11) is 0. The summed E-state index contributed by atoms with van der Waals surface area (Å²) in [6.45, 7) is 0. The highest BCUT2D eigenvalue weighted by Crippen LogP contribution is 2.06. The van der Waals surface area contributed by atoms with Gasteiger partial charge in [0.2, 0.25) is 0 Å². The lowest BCUT2D eigenvalue weighted by Gasteiger charge is -2.04.